The highest BCUT2D eigenvalue weighted by atomic mass is 16.5. The van der Waals surface area contributed by atoms with Crippen LogP contribution in [0.2, 0.25) is 0 Å². The van der Waals surface area contributed by atoms with Gasteiger partial charge in [-0.25, -0.2) is 0 Å². The van der Waals surface area contributed by atoms with Crippen molar-refractivity contribution in [1.29, 1.82) is 0 Å². The van der Waals surface area contributed by atoms with Crippen molar-refractivity contribution in [3.63, 3.8) is 0 Å². The van der Waals surface area contributed by atoms with Gasteiger partial charge in [-0.1, -0.05) is 43.7 Å². The summed E-state index contributed by atoms with van der Waals surface area (Å²) >= 11 is 0. The van der Waals surface area contributed by atoms with E-state index in [0.29, 0.717) is 71.9 Å². The van der Waals surface area contributed by atoms with Crippen LogP contribution in [0.4, 0.5) is 0 Å². The molecule has 0 fully saturated rings. The van der Waals surface area contributed by atoms with Crippen molar-refractivity contribution < 1.29 is 48.0 Å². The second kappa shape index (κ2) is 32.5. The van der Waals surface area contributed by atoms with E-state index in [9.17, 15) is 19.2 Å². The maximum Gasteiger partial charge on any atom is 0.290 e. The maximum atomic E-state index is 11.9. The van der Waals surface area contributed by atoms with Gasteiger partial charge < -0.3 is 40.0 Å². The highest BCUT2D eigenvalue weighted by Gasteiger charge is 2.05. The first-order valence-corrected chi connectivity index (χ1v) is 15.0. The van der Waals surface area contributed by atoms with Gasteiger partial charge in [-0.05, 0) is 38.7 Å². The fourth-order valence-corrected chi connectivity index (χ4v) is 3.26. The lowest BCUT2D eigenvalue weighted by Gasteiger charge is -2.09. The van der Waals surface area contributed by atoms with Gasteiger partial charge in [0, 0.05) is 32.5 Å². The molecule has 1 aromatic rings. The van der Waals surface area contributed by atoms with E-state index in [1.807, 2.05) is 13.8 Å². The van der Waals surface area contributed by atoms with Crippen LogP contribution in [-0.4, -0.2) is 108 Å². The third-order valence-electron chi connectivity index (χ3n) is 5.31. The zero-order valence-electron chi connectivity index (χ0n) is 26.8. The summed E-state index contributed by atoms with van der Waals surface area (Å²) in [5.41, 5.74) is 2.46. The zero-order valence-corrected chi connectivity index (χ0v) is 26.8. The van der Waals surface area contributed by atoms with E-state index < -0.39 is 0 Å². The average molecular weight is 628 g/mol. The van der Waals surface area contributed by atoms with Crippen LogP contribution < -0.4 is 16.0 Å². The number of Topliss-reactive ketones (excluding diaryl/α,β-unsaturated/α-hetero) is 1. The molecule has 1 rings (SSSR count). The molecule has 1 aromatic carbocycles. The Labute approximate surface area is 261 Å². The Kier molecular flexibility index (Phi) is 31.6. The Balaban J connectivity index is 0. The summed E-state index contributed by atoms with van der Waals surface area (Å²) in [6.45, 7) is 10.4. The van der Waals surface area contributed by atoms with Gasteiger partial charge in [0.05, 0.1) is 39.6 Å². The molecule has 0 bridgehead atoms. The van der Waals surface area contributed by atoms with Gasteiger partial charge in [0.2, 0.25) is 17.7 Å². The molecule has 0 radical (unpaired) electrons. The Hall–Kier alpha value is -3.39. The summed E-state index contributed by atoms with van der Waals surface area (Å²) in [6.07, 6.45) is 3.06. The standard InChI is InChI=1S/C28H45N3O8.C2H6.CH2O2/c1-23-8-10-25(11-9-23)5-3-6-26(33)29-12-4-7-27(34)30-13-15-36-18-20-39-22-28(35)31-14-16-37-17-19-38-21-24(2)32;1-2;2-1-3/h8-11H,3-7,12-22H2,1-2H3,(H,29,33)(H,30,34)(H,31,35);1-2H3;1H,(H,2,3). The first-order chi connectivity index (χ1) is 21.3. The average Bonchev–Trinajstić information content (AvgIpc) is 3.00. The highest BCUT2D eigenvalue weighted by molar-refractivity contribution is 5.77. The van der Waals surface area contributed by atoms with Crippen LogP contribution in [-0.2, 0) is 49.3 Å². The molecular formula is C31H53N3O10. The third-order valence-corrected chi connectivity index (χ3v) is 5.31. The molecule has 0 saturated carbocycles. The molecule has 0 heterocycles. The summed E-state index contributed by atoms with van der Waals surface area (Å²) in [5, 5.41) is 15.2. The predicted molar refractivity (Wildman–Crippen MR) is 166 cm³/mol. The first-order valence-electron chi connectivity index (χ1n) is 15.0. The quantitative estimate of drug-likeness (QED) is 0.0976. The molecule has 44 heavy (non-hydrogen) atoms. The minimum atomic E-state index is -0.253. The molecule has 0 saturated heterocycles. The van der Waals surface area contributed by atoms with Gasteiger partial charge >= 0.3 is 0 Å². The number of carboxylic acid groups (broad SMARTS) is 1. The van der Waals surface area contributed by atoms with Crippen LogP contribution in [0.1, 0.15) is 57.6 Å². The molecule has 0 aliphatic rings. The zero-order chi connectivity index (χ0) is 33.3. The lowest BCUT2D eigenvalue weighted by molar-refractivity contribution is -0.127. The number of benzene rings is 1. The molecule has 0 unspecified atom stereocenters. The second-order valence-electron chi connectivity index (χ2n) is 9.13. The highest BCUT2D eigenvalue weighted by Crippen LogP contribution is 2.07. The second-order valence-corrected chi connectivity index (χ2v) is 9.13. The number of hydrogen-bond acceptors (Lipinski definition) is 9. The number of ether oxygens (including phenoxy) is 4. The molecule has 13 nitrogen and oxygen atoms in total. The lowest BCUT2D eigenvalue weighted by Crippen LogP contribution is -2.31. The van der Waals surface area contributed by atoms with Crippen molar-refractivity contribution in [2.24, 2.45) is 0 Å². The Bertz CT molecular complexity index is 882. The van der Waals surface area contributed by atoms with E-state index in [4.69, 9.17) is 28.8 Å². The minimum Gasteiger partial charge on any atom is -0.483 e. The summed E-state index contributed by atoms with van der Waals surface area (Å²) in [7, 11) is 0. The summed E-state index contributed by atoms with van der Waals surface area (Å²) in [4.78, 5) is 54.5. The van der Waals surface area contributed by atoms with Crippen LogP contribution in [0.3, 0.4) is 0 Å². The Morgan fingerprint density at radius 1 is 0.682 bits per heavy atom. The molecule has 0 spiro atoms. The van der Waals surface area contributed by atoms with Crippen molar-refractivity contribution in [3.8, 4) is 0 Å². The molecule has 0 aliphatic carbocycles. The van der Waals surface area contributed by atoms with Gasteiger partial charge in [-0.15, -0.1) is 0 Å². The summed E-state index contributed by atoms with van der Waals surface area (Å²) in [6, 6.07) is 8.33. The van der Waals surface area contributed by atoms with E-state index in [2.05, 4.69) is 47.1 Å². The first kappa shape index (κ1) is 42.7. The monoisotopic (exact) mass is 627 g/mol. The van der Waals surface area contributed by atoms with Crippen LogP contribution in [0.15, 0.2) is 24.3 Å². The lowest BCUT2D eigenvalue weighted by atomic mass is 10.1. The van der Waals surface area contributed by atoms with Crippen LogP contribution in [0, 0.1) is 6.92 Å². The smallest absolute Gasteiger partial charge is 0.290 e. The number of amides is 3. The van der Waals surface area contributed by atoms with Gasteiger partial charge in [0.25, 0.3) is 6.47 Å². The van der Waals surface area contributed by atoms with E-state index >= 15 is 0 Å². The number of carbonyl (C=O) groups excluding carboxylic acids is 4. The topological polar surface area (TPSA) is 179 Å². The number of rotatable bonds is 24. The predicted octanol–water partition coefficient (Wildman–Crippen LogP) is 1.83. The molecule has 13 heteroatoms. The van der Waals surface area contributed by atoms with Crippen molar-refractivity contribution >= 4 is 30.0 Å². The van der Waals surface area contributed by atoms with Crippen molar-refractivity contribution in [1.82, 2.24) is 16.0 Å². The van der Waals surface area contributed by atoms with E-state index in [0.717, 1.165) is 12.8 Å². The number of aryl methyl sites for hydroxylation is 2. The third kappa shape index (κ3) is 31.5. The van der Waals surface area contributed by atoms with Gasteiger partial charge in [-0.2, -0.15) is 0 Å². The van der Waals surface area contributed by atoms with E-state index in [1.165, 1.54) is 18.1 Å². The van der Waals surface area contributed by atoms with Crippen LogP contribution in [0.25, 0.3) is 0 Å². The van der Waals surface area contributed by atoms with Crippen LogP contribution >= 0.6 is 0 Å². The van der Waals surface area contributed by atoms with Gasteiger partial charge in [0.15, 0.2) is 5.78 Å². The van der Waals surface area contributed by atoms with Crippen molar-refractivity contribution in [2.45, 2.75) is 59.8 Å². The fraction of sp³-hybridized carbons (Fsp3) is 0.645. The summed E-state index contributed by atoms with van der Waals surface area (Å²) < 4.78 is 20.9. The molecule has 252 valence electrons. The minimum absolute atomic E-state index is 0.00816. The number of nitrogens with one attached hydrogen (secondary N) is 3. The van der Waals surface area contributed by atoms with Crippen LogP contribution in [0.5, 0.6) is 0 Å². The number of hydrogen-bond donors (Lipinski definition) is 4. The fourth-order valence-electron chi connectivity index (χ4n) is 3.26. The number of ketones is 1. The van der Waals surface area contributed by atoms with Gasteiger partial charge in [0.1, 0.15) is 13.2 Å². The Morgan fingerprint density at radius 3 is 1.68 bits per heavy atom. The molecule has 4 N–H and O–H groups in total. The normalized spacial score (nSPS) is 9.91. The Morgan fingerprint density at radius 2 is 1.14 bits per heavy atom. The van der Waals surface area contributed by atoms with Crippen molar-refractivity contribution in [2.75, 3.05) is 72.5 Å². The molecule has 0 aliphatic heterocycles. The maximum absolute atomic E-state index is 11.9. The molecule has 3 amide bonds. The van der Waals surface area contributed by atoms with E-state index in [-0.39, 0.29) is 49.8 Å². The molecule has 0 aromatic heterocycles. The molecular weight excluding hydrogens is 574 g/mol. The molecule has 0 atom stereocenters. The summed E-state index contributed by atoms with van der Waals surface area (Å²) in [5.74, 6) is -0.371. The largest absolute Gasteiger partial charge is 0.483 e. The van der Waals surface area contributed by atoms with E-state index in [1.54, 1.807) is 0 Å². The number of carbonyl (C=O) groups is 5. The van der Waals surface area contributed by atoms with Gasteiger partial charge in [-0.3, -0.25) is 24.0 Å². The van der Waals surface area contributed by atoms with Crippen molar-refractivity contribution in [3.05, 3.63) is 35.4 Å². The SMILES string of the molecule is CC.CC(=O)COCCOCCNC(=O)COCCOCCNC(=O)CCCNC(=O)CCCc1ccc(C)cc1.O=CO.